The van der Waals surface area contributed by atoms with Crippen molar-refractivity contribution in [2.24, 2.45) is 5.14 Å². The van der Waals surface area contributed by atoms with Crippen LogP contribution < -0.4 is 5.14 Å². The molecule has 0 radical (unpaired) electrons. The Hall–Kier alpha value is -3.29. The SMILES string of the molecule is NS(=O)(=O)c1ccc(-c2ccc(-c3ccc(Cl)c(C=O)c3)cc2-c2ccc(Cl)c(C=O)c2)cc1. The van der Waals surface area contributed by atoms with Crippen LogP contribution in [-0.4, -0.2) is 21.0 Å². The maximum Gasteiger partial charge on any atom is 0.238 e. The normalized spacial score (nSPS) is 11.3. The Morgan fingerprint density at radius 3 is 1.62 bits per heavy atom. The van der Waals surface area contributed by atoms with Crippen molar-refractivity contribution >= 4 is 45.8 Å². The van der Waals surface area contributed by atoms with Gasteiger partial charge in [-0.3, -0.25) is 9.59 Å². The van der Waals surface area contributed by atoms with Crippen LogP contribution in [0, 0.1) is 0 Å². The number of carbonyl (C=O) groups excluding carboxylic acids is 2. The number of nitrogens with two attached hydrogens (primary N) is 1. The van der Waals surface area contributed by atoms with Crippen molar-refractivity contribution in [1.82, 2.24) is 0 Å². The first kappa shape index (κ1) is 23.9. The van der Waals surface area contributed by atoms with Gasteiger partial charge in [-0.25, -0.2) is 13.6 Å². The Morgan fingerprint density at radius 2 is 1.06 bits per heavy atom. The Kier molecular flexibility index (Phi) is 6.68. The van der Waals surface area contributed by atoms with Gasteiger partial charge in [0.25, 0.3) is 0 Å². The molecule has 0 fully saturated rings. The van der Waals surface area contributed by atoms with Gasteiger partial charge in [-0.1, -0.05) is 59.6 Å². The van der Waals surface area contributed by atoms with Gasteiger partial charge < -0.3 is 0 Å². The van der Waals surface area contributed by atoms with Crippen LogP contribution in [0.1, 0.15) is 20.7 Å². The van der Waals surface area contributed by atoms with Crippen LogP contribution in [0.25, 0.3) is 33.4 Å². The Labute approximate surface area is 206 Å². The Morgan fingerprint density at radius 1 is 0.588 bits per heavy atom. The number of primary sulfonamides is 1. The van der Waals surface area contributed by atoms with Crippen molar-refractivity contribution in [2.75, 3.05) is 0 Å². The molecule has 0 aromatic heterocycles. The number of benzene rings is 4. The van der Waals surface area contributed by atoms with Crippen molar-refractivity contribution in [1.29, 1.82) is 0 Å². The summed E-state index contributed by atoms with van der Waals surface area (Å²) in [7, 11) is -3.82. The third-order valence-corrected chi connectivity index (χ3v) is 7.02. The summed E-state index contributed by atoms with van der Waals surface area (Å²) in [6.07, 6.45) is 1.38. The number of halogens is 2. The van der Waals surface area contributed by atoms with E-state index in [9.17, 15) is 18.0 Å². The van der Waals surface area contributed by atoms with Crippen LogP contribution in [0.4, 0.5) is 0 Å². The molecule has 2 N–H and O–H groups in total. The number of hydrogen-bond acceptors (Lipinski definition) is 4. The molecule has 170 valence electrons. The van der Waals surface area contributed by atoms with Crippen LogP contribution in [0.3, 0.4) is 0 Å². The van der Waals surface area contributed by atoms with Gasteiger partial charge in [0.05, 0.1) is 14.9 Å². The lowest BCUT2D eigenvalue weighted by Gasteiger charge is -2.15. The predicted octanol–water partition coefficient (Wildman–Crippen LogP) is 6.27. The Balaban J connectivity index is 1.93. The topological polar surface area (TPSA) is 94.3 Å². The number of carbonyl (C=O) groups is 2. The first-order valence-corrected chi connectivity index (χ1v) is 12.3. The lowest BCUT2D eigenvalue weighted by atomic mass is 9.90. The summed E-state index contributed by atoms with van der Waals surface area (Å²) in [5, 5.41) is 5.92. The molecule has 8 heteroatoms. The molecule has 4 aromatic rings. The molecule has 0 saturated carbocycles. The molecule has 0 atom stereocenters. The second-order valence-electron chi connectivity index (χ2n) is 7.54. The van der Waals surface area contributed by atoms with Crippen LogP contribution in [0.5, 0.6) is 0 Å². The molecule has 5 nitrogen and oxygen atoms in total. The van der Waals surface area contributed by atoms with E-state index in [0.717, 1.165) is 33.4 Å². The average molecular weight is 510 g/mol. The maximum absolute atomic E-state index is 11.6. The van der Waals surface area contributed by atoms with Crippen LogP contribution in [0.2, 0.25) is 10.0 Å². The van der Waals surface area contributed by atoms with E-state index in [4.69, 9.17) is 28.3 Å². The zero-order valence-corrected chi connectivity index (χ0v) is 19.9. The largest absolute Gasteiger partial charge is 0.298 e. The van der Waals surface area contributed by atoms with Gasteiger partial charge in [0.1, 0.15) is 0 Å². The van der Waals surface area contributed by atoms with Crippen molar-refractivity contribution in [2.45, 2.75) is 4.90 Å². The fraction of sp³-hybridized carbons (Fsp3) is 0. The molecule has 4 rings (SSSR count). The minimum Gasteiger partial charge on any atom is -0.298 e. The predicted molar refractivity (Wildman–Crippen MR) is 135 cm³/mol. The molecule has 0 aliphatic carbocycles. The van der Waals surface area contributed by atoms with E-state index in [1.807, 2.05) is 24.3 Å². The maximum atomic E-state index is 11.6. The second kappa shape index (κ2) is 9.52. The van der Waals surface area contributed by atoms with Crippen LogP contribution in [-0.2, 0) is 10.0 Å². The fourth-order valence-electron chi connectivity index (χ4n) is 3.65. The summed E-state index contributed by atoms with van der Waals surface area (Å²) in [6, 6.07) is 22.2. The van der Waals surface area contributed by atoms with Gasteiger partial charge >= 0.3 is 0 Å². The van der Waals surface area contributed by atoms with Crippen LogP contribution >= 0.6 is 23.2 Å². The van der Waals surface area contributed by atoms with Crippen molar-refractivity contribution in [3.05, 3.63) is 100 Å². The number of sulfonamides is 1. The zero-order chi connectivity index (χ0) is 24.5. The van der Waals surface area contributed by atoms with E-state index in [1.54, 1.807) is 42.5 Å². The van der Waals surface area contributed by atoms with E-state index in [0.29, 0.717) is 33.7 Å². The van der Waals surface area contributed by atoms with Crippen molar-refractivity contribution in [3.63, 3.8) is 0 Å². The highest BCUT2D eigenvalue weighted by Crippen LogP contribution is 2.37. The molecule has 0 aliphatic rings. The standard InChI is InChI=1S/C26H17Cl2NO4S/c27-25-9-4-17(11-20(25)14-30)18-3-8-23(16-1-6-22(7-2-16)34(29,32)33)24(13-18)19-5-10-26(28)21(12-19)15-31/h1-15H,(H2,29,32,33). The molecular formula is C26H17Cl2NO4S. The van der Waals surface area contributed by atoms with Gasteiger partial charge in [0, 0.05) is 11.1 Å². The first-order valence-electron chi connectivity index (χ1n) is 9.99. The fourth-order valence-corrected chi connectivity index (χ4v) is 4.49. The highest BCUT2D eigenvalue weighted by molar-refractivity contribution is 7.89. The first-order chi connectivity index (χ1) is 16.2. The lowest BCUT2D eigenvalue weighted by molar-refractivity contribution is 0.111. The third-order valence-electron chi connectivity index (χ3n) is 5.40. The molecule has 0 unspecified atom stereocenters. The van der Waals surface area contributed by atoms with E-state index >= 15 is 0 Å². The van der Waals surface area contributed by atoms with Gasteiger partial charge in [-0.15, -0.1) is 0 Å². The quantitative estimate of drug-likeness (QED) is 0.310. The molecule has 4 aromatic carbocycles. The molecule has 0 saturated heterocycles. The van der Waals surface area contributed by atoms with Crippen molar-refractivity contribution in [3.8, 4) is 33.4 Å². The summed E-state index contributed by atoms with van der Waals surface area (Å²) in [4.78, 5) is 22.9. The molecule has 34 heavy (non-hydrogen) atoms. The summed E-state index contributed by atoms with van der Waals surface area (Å²) >= 11 is 12.2. The van der Waals surface area contributed by atoms with E-state index in [1.165, 1.54) is 12.1 Å². The summed E-state index contributed by atoms with van der Waals surface area (Å²) in [6.45, 7) is 0. The highest BCUT2D eigenvalue weighted by Gasteiger charge is 2.14. The summed E-state index contributed by atoms with van der Waals surface area (Å²) in [5.41, 5.74) is 5.39. The number of hydrogen-bond donors (Lipinski definition) is 1. The monoisotopic (exact) mass is 509 g/mol. The van der Waals surface area contributed by atoms with Gasteiger partial charge in [-0.05, 0) is 75.8 Å². The van der Waals surface area contributed by atoms with E-state index in [-0.39, 0.29) is 4.90 Å². The Bertz CT molecular complexity index is 1530. The average Bonchev–Trinajstić information content (AvgIpc) is 2.84. The van der Waals surface area contributed by atoms with Gasteiger partial charge in [0.2, 0.25) is 10.0 Å². The summed E-state index contributed by atoms with van der Waals surface area (Å²) < 4.78 is 23.3. The lowest BCUT2D eigenvalue weighted by Crippen LogP contribution is -2.11. The highest BCUT2D eigenvalue weighted by atomic mass is 35.5. The minimum atomic E-state index is -3.82. The summed E-state index contributed by atoms with van der Waals surface area (Å²) in [5.74, 6) is 0. The molecule has 0 spiro atoms. The van der Waals surface area contributed by atoms with E-state index in [2.05, 4.69) is 0 Å². The van der Waals surface area contributed by atoms with Gasteiger partial charge in [-0.2, -0.15) is 0 Å². The molecule has 0 bridgehead atoms. The van der Waals surface area contributed by atoms with Gasteiger partial charge in [0.15, 0.2) is 12.6 Å². The minimum absolute atomic E-state index is 0.00621. The van der Waals surface area contributed by atoms with Crippen molar-refractivity contribution < 1.29 is 18.0 Å². The van der Waals surface area contributed by atoms with Crippen LogP contribution in [0.15, 0.2) is 83.8 Å². The third kappa shape index (κ3) is 4.81. The van der Waals surface area contributed by atoms with E-state index < -0.39 is 10.0 Å². The molecule has 0 heterocycles. The molecule has 0 amide bonds. The molecule has 0 aliphatic heterocycles. The second-order valence-corrected chi connectivity index (χ2v) is 9.91. The smallest absolute Gasteiger partial charge is 0.238 e. The number of aldehydes is 2. The molecular weight excluding hydrogens is 493 g/mol. The zero-order valence-electron chi connectivity index (χ0n) is 17.5. The number of rotatable bonds is 6.